The summed E-state index contributed by atoms with van der Waals surface area (Å²) >= 11 is 1.38. The van der Waals surface area contributed by atoms with Crippen LogP contribution in [0.3, 0.4) is 0 Å². The van der Waals surface area contributed by atoms with Crippen molar-refractivity contribution in [3.8, 4) is 11.4 Å². The Balaban J connectivity index is 1.52. The topological polar surface area (TPSA) is 107 Å². The highest BCUT2D eigenvalue weighted by atomic mass is 32.2. The van der Waals surface area contributed by atoms with E-state index >= 15 is 0 Å². The molecule has 2 heterocycles. The summed E-state index contributed by atoms with van der Waals surface area (Å²) in [6.07, 6.45) is 6.69. The molecule has 1 aliphatic rings. The molecule has 1 aliphatic carbocycles. The van der Waals surface area contributed by atoms with E-state index in [-0.39, 0.29) is 11.0 Å². The zero-order valence-electron chi connectivity index (χ0n) is 16.5. The summed E-state index contributed by atoms with van der Waals surface area (Å²) in [5.41, 5.74) is 1.83. The van der Waals surface area contributed by atoms with Crippen molar-refractivity contribution in [1.82, 2.24) is 19.7 Å². The summed E-state index contributed by atoms with van der Waals surface area (Å²) < 4.78 is 27.1. The number of Topliss-reactive ketones (excluding diaryl/α,β-unsaturated/α-hetero) is 1. The van der Waals surface area contributed by atoms with E-state index in [0.717, 1.165) is 30.5 Å². The average Bonchev–Trinajstić information content (AvgIpc) is 3.47. The van der Waals surface area contributed by atoms with Gasteiger partial charge in [0.15, 0.2) is 16.8 Å². The van der Waals surface area contributed by atoms with E-state index in [9.17, 15) is 13.2 Å². The van der Waals surface area contributed by atoms with Gasteiger partial charge in [-0.05, 0) is 56.2 Å². The number of nitrogens with one attached hydrogen (secondary N) is 1. The first kappa shape index (κ1) is 20.5. The van der Waals surface area contributed by atoms with Crippen LogP contribution >= 0.6 is 11.8 Å². The van der Waals surface area contributed by atoms with Crippen LogP contribution in [-0.4, -0.2) is 45.5 Å². The Morgan fingerprint density at radius 2 is 1.93 bits per heavy atom. The standard InChI is InChI=1S/C20H21N5O3S2/c1-13(18(26)14-5-7-16(8-6-14)24-30(2,27)28)29-20-23-22-19(25(20)17-9-10-17)15-4-3-11-21-12-15/h3-8,11-13,17,24H,9-10H2,1-2H3/t13-/m0/s1. The van der Waals surface area contributed by atoms with Crippen LogP contribution in [-0.2, 0) is 10.0 Å². The van der Waals surface area contributed by atoms with Gasteiger partial charge in [0.1, 0.15) is 0 Å². The van der Waals surface area contributed by atoms with E-state index in [1.165, 1.54) is 11.8 Å². The lowest BCUT2D eigenvalue weighted by molar-refractivity contribution is 0.0994. The smallest absolute Gasteiger partial charge is 0.229 e. The van der Waals surface area contributed by atoms with Crippen LogP contribution in [0.5, 0.6) is 0 Å². The second-order valence-electron chi connectivity index (χ2n) is 7.22. The molecule has 1 atom stereocenters. The van der Waals surface area contributed by atoms with Gasteiger partial charge in [0, 0.05) is 35.2 Å². The van der Waals surface area contributed by atoms with Gasteiger partial charge < -0.3 is 0 Å². The van der Waals surface area contributed by atoms with Crippen molar-refractivity contribution >= 4 is 33.3 Å². The molecule has 0 saturated heterocycles. The first-order chi connectivity index (χ1) is 14.3. The van der Waals surface area contributed by atoms with Crippen LogP contribution in [0.25, 0.3) is 11.4 Å². The highest BCUT2D eigenvalue weighted by molar-refractivity contribution is 8.00. The molecule has 1 fully saturated rings. The summed E-state index contributed by atoms with van der Waals surface area (Å²) in [5.74, 6) is 0.711. The molecule has 0 aliphatic heterocycles. The number of carbonyl (C=O) groups is 1. The Bertz CT molecular complexity index is 1160. The fraction of sp³-hybridized carbons (Fsp3) is 0.300. The molecule has 8 nitrogen and oxygen atoms in total. The van der Waals surface area contributed by atoms with Gasteiger partial charge in [-0.15, -0.1) is 10.2 Å². The minimum absolute atomic E-state index is 0.0563. The number of aromatic nitrogens is 4. The first-order valence-corrected chi connectivity index (χ1v) is 12.2. The third-order valence-electron chi connectivity index (χ3n) is 4.62. The molecule has 3 aromatic rings. The van der Waals surface area contributed by atoms with Crippen molar-refractivity contribution in [3.05, 3.63) is 54.4 Å². The van der Waals surface area contributed by atoms with Gasteiger partial charge in [0.05, 0.1) is 11.5 Å². The molecule has 2 aromatic heterocycles. The van der Waals surface area contributed by atoms with Gasteiger partial charge in [-0.2, -0.15) is 0 Å². The molecule has 0 spiro atoms. The summed E-state index contributed by atoms with van der Waals surface area (Å²) in [6, 6.07) is 10.6. The molecule has 1 N–H and O–H groups in total. The highest BCUT2D eigenvalue weighted by Gasteiger charge is 2.31. The molecule has 0 bridgehead atoms. The first-order valence-electron chi connectivity index (χ1n) is 9.46. The molecular weight excluding hydrogens is 422 g/mol. The number of pyridine rings is 1. The van der Waals surface area contributed by atoms with Gasteiger partial charge in [-0.1, -0.05) is 11.8 Å². The molecule has 156 valence electrons. The maximum Gasteiger partial charge on any atom is 0.229 e. The lowest BCUT2D eigenvalue weighted by Crippen LogP contribution is -2.15. The van der Waals surface area contributed by atoms with Crippen molar-refractivity contribution in [3.63, 3.8) is 0 Å². The van der Waals surface area contributed by atoms with Gasteiger partial charge in [-0.25, -0.2) is 8.42 Å². The molecule has 0 unspecified atom stereocenters. The van der Waals surface area contributed by atoms with E-state index in [0.29, 0.717) is 22.4 Å². The monoisotopic (exact) mass is 443 g/mol. The van der Waals surface area contributed by atoms with Crippen molar-refractivity contribution in [2.45, 2.75) is 36.2 Å². The van der Waals surface area contributed by atoms with Gasteiger partial charge in [-0.3, -0.25) is 19.1 Å². The number of ketones is 1. The number of hydrogen-bond donors (Lipinski definition) is 1. The summed E-state index contributed by atoms with van der Waals surface area (Å²) in [6.45, 7) is 1.84. The molecule has 10 heteroatoms. The Hall–Kier alpha value is -2.72. The number of carbonyl (C=O) groups excluding carboxylic acids is 1. The number of hydrogen-bond acceptors (Lipinski definition) is 7. The van der Waals surface area contributed by atoms with E-state index < -0.39 is 10.0 Å². The van der Waals surface area contributed by atoms with Crippen LogP contribution in [0.1, 0.15) is 36.2 Å². The average molecular weight is 444 g/mol. The van der Waals surface area contributed by atoms with Gasteiger partial charge >= 0.3 is 0 Å². The quantitative estimate of drug-likeness (QED) is 0.420. The summed E-state index contributed by atoms with van der Waals surface area (Å²) in [4.78, 5) is 17.1. The molecule has 1 saturated carbocycles. The minimum atomic E-state index is -3.36. The van der Waals surface area contributed by atoms with E-state index in [2.05, 4.69) is 24.5 Å². The van der Waals surface area contributed by atoms with Crippen molar-refractivity contribution < 1.29 is 13.2 Å². The van der Waals surface area contributed by atoms with Crippen molar-refractivity contribution in [2.75, 3.05) is 11.0 Å². The van der Waals surface area contributed by atoms with Gasteiger partial charge in [0.2, 0.25) is 10.0 Å². The second-order valence-corrected chi connectivity index (χ2v) is 10.3. The number of thioether (sulfide) groups is 1. The molecular formula is C20H21N5O3S2. The van der Waals surface area contributed by atoms with Crippen LogP contribution in [0.15, 0.2) is 53.9 Å². The Morgan fingerprint density at radius 3 is 2.53 bits per heavy atom. The van der Waals surface area contributed by atoms with E-state index in [1.54, 1.807) is 36.7 Å². The fourth-order valence-corrected chi connectivity index (χ4v) is 4.63. The van der Waals surface area contributed by atoms with E-state index in [1.807, 2.05) is 19.1 Å². The maximum absolute atomic E-state index is 12.9. The summed E-state index contributed by atoms with van der Waals surface area (Å²) in [5, 5.41) is 9.04. The SMILES string of the molecule is C[C@H](Sc1nnc(-c2cccnc2)n1C1CC1)C(=O)c1ccc(NS(C)(=O)=O)cc1. The third-order valence-corrected chi connectivity index (χ3v) is 6.28. The number of nitrogens with zero attached hydrogens (tertiary/aromatic N) is 4. The molecule has 1 aromatic carbocycles. The number of anilines is 1. The lowest BCUT2D eigenvalue weighted by Gasteiger charge is -2.13. The number of benzene rings is 1. The molecule has 0 amide bonds. The van der Waals surface area contributed by atoms with E-state index in [4.69, 9.17) is 0 Å². The predicted octanol–water partition coefficient (Wildman–Crippen LogP) is 3.41. The second kappa shape index (κ2) is 8.19. The van der Waals surface area contributed by atoms with Gasteiger partial charge in [0.25, 0.3) is 0 Å². The number of rotatable bonds is 8. The highest BCUT2D eigenvalue weighted by Crippen LogP contribution is 2.41. The van der Waals surface area contributed by atoms with Crippen LogP contribution < -0.4 is 4.72 Å². The fourth-order valence-electron chi connectivity index (χ4n) is 3.07. The van der Waals surface area contributed by atoms with Crippen LogP contribution in [0.2, 0.25) is 0 Å². The van der Waals surface area contributed by atoms with Crippen LogP contribution in [0, 0.1) is 0 Å². The zero-order chi connectivity index (χ0) is 21.3. The normalized spacial score (nSPS) is 15.0. The minimum Gasteiger partial charge on any atom is -0.299 e. The molecule has 0 radical (unpaired) electrons. The maximum atomic E-state index is 12.9. The lowest BCUT2D eigenvalue weighted by atomic mass is 10.1. The zero-order valence-corrected chi connectivity index (χ0v) is 18.2. The Kier molecular flexibility index (Phi) is 5.61. The largest absolute Gasteiger partial charge is 0.299 e. The third kappa shape index (κ3) is 4.71. The van der Waals surface area contributed by atoms with Crippen molar-refractivity contribution in [2.24, 2.45) is 0 Å². The Labute approximate surface area is 179 Å². The number of sulfonamides is 1. The van der Waals surface area contributed by atoms with Crippen LogP contribution in [0.4, 0.5) is 5.69 Å². The molecule has 4 rings (SSSR count). The molecule has 30 heavy (non-hydrogen) atoms. The predicted molar refractivity (Wildman–Crippen MR) is 116 cm³/mol. The van der Waals surface area contributed by atoms with Crippen molar-refractivity contribution in [1.29, 1.82) is 0 Å². The summed E-state index contributed by atoms with van der Waals surface area (Å²) in [7, 11) is -3.36. The Morgan fingerprint density at radius 1 is 1.20 bits per heavy atom.